The van der Waals surface area contributed by atoms with Gasteiger partial charge in [-0.25, -0.2) is 0 Å². The number of carbonyl (C=O) groups excluding carboxylic acids is 1. The Hall–Kier alpha value is -0.830. The van der Waals surface area contributed by atoms with Gasteiger partial charge in [-0.2, -0.15) is 0 Å². The lowest BCUT2D eigenvalue weighted by atomic mass is 9.81. The SMILES string of the molecule is CNC(=O)C1(C)CCCN(CCC=C(C)C)C1. The number of hydrogen-bond acceptors (Lipinski definition) is 2. The molecule has 1 unspecified atom stereocenters. The smallest absolute Gasteiger partial charge is 0.226 e. The van der Waals surface area contributed by atoms with E-state index in [-0.39, 0.29) is 11.3 Å². The van der Waals surface area contributed by atoms with E-state index in [2.05, 4.69) is 37.1 Å². The van der Waals surface area contributed by atoms with Crippen molar-refractivity contribution in [2.24, 2.45) is 5.41 Å². The molecule has 0 aromatic heterocycles. The monoisotopic (exact) mass is 238 g/mol. The number of rotatable bonds is 4. The van der Waals surface area contributed by atoms with Crippen molar-refractivity contribution in [3.05, 3.63) is 11.6 Å². The molecule has 3 heteroatoms. The molecule has 0 aromatic carbocycles. The molecule has 1 aliphatic rings. The van der Waals surface area contributed by atoms with Crippen LogP contribution in [0.2, 0.25) is 0 Å². The summed E-state index contributed by atoms with van der Waals surface area (Å²) in [6.07, 6.45) is 5.49. The van der Waals surface area contributed by atoms with Crippen LogP contribution in [0.4, 0.5) is 0 Å². The average molecular weight is 238 g/mol. The minimum absolute atomic E-state index is 0.185. The standard InChI is InChI=1S/C14H26N2O/c1-12(2)7-5-9-16-10-6-8-14(3,11-16)13(17)15-4/h7H,5-6,8-11H2,1-4H3,(H,15,17). The van der Waals surface area contributed by atoms with Gasteiger partial charge >= 0.3 is 0 Å². The number of allylic oxidation sites excluding steroid dienone is 1. The molecule has 1 saturated heterocycles. The molecule has 1 fully saturated rings. The molecule has 1 aliphatic heterocycles. The number of piperidine rings is 1. The highest BCUT2D eigenvalue weighted by Crippen LogP contribution is 2.29. The third kappa shape index (κ3) is 4.15. The lowest BCUT2D eigenvalue weighted by molar-refractivity contribution is -0.132. The first-order chi connectivity index (χ1) is 7.98. The fraction of sp³-hybridized carbons (Fsp3) is 0.786. The van der Waals surface area contributed by atoms with Crippen molar-refractivity contribution in [3.63, 3.8) is 0 Å². The summed E-state index contributed by atoms with van der Waals surface area (Å²) in [4.78, 5) is 14.3. The molecule has 0 spiro atoms. The van der Waals surface area contributed by atoms with Gasteiger partial charge in [-0.15, -0.1) is 0 Å². The molecule has 1 N–H and O–H groups in total. The maximum absolute atomic E-state index is 11.9. The van der Waals surface area contributed by atoms with Gasteiger partial charge < -0.3 is 10.2 Å². The Morgan fingerprint density at radius 1 is 1.47 bits per heavy atom. The number of carbonyl (C=O) groups is 1. The Balaban J connectivity index is 2.49. The summed E-state index contributed by atoms with van der Waals surface area (Å²) in [7, 11) is 1.73. The van der Waals surface area contributed by atoms with E-state index in [1.807, 2.05) is 0 Å². The van der Waals surface area contributed by atoms with Gasteiger partial charge in [0, 0.05) is 20.1 Å². The molecule has 0 aromatic rings. The van der Waals surface area contributed by atoms with Gasteiger partial charge in [-0.05, 0) is 46.6 Å². The first kappa shape index (κ1) is 14.2. The molecule has 1 amide bonds. The molecule has 1 atom stereocenters. The molecule has 1 heterocycles. The minimum Gasteiger partial charge on any atom is -0.359 e. The maximum Gasteiger partial charge on any atom is 0.226 e. The van der Waals surface area contributed by atoms with Crippen LogP contribution in [0.5, 0.6) is 0 Å². The van der Waals surface area contributed by atoms with Crippen LogP contribution in [0.15, 0.2) is 11.6 Å². The number of nitrogens with one attached hydrogen (secondary N) is 1. The van der Waals surface area contributed by atoms with Crippen LogP contribution in [0.25, 0.3) is 0 Å². The van der Waals surface area contributed by atoms with Crippen LogP contribution in [0.3, 0.4) is 0 Å². The highest BCUT2D eigenvalue weighted by molar-refractivity contribution is 5.82. The fourth-order valence-electron chi connectivity index (χ4n) is 2.56. The van der Waals surface area contributed by atoms with Crippen LogP contribution >= 0.6 is 0 Å². The molecular weight excluding hydrogens is 212 g/mol. The van der Waals surface area contributed by atoms with E-state index in [4.69, 9.17) is 0 Å². The average Bonchev–Trinajstić information content (AvgIpc) is 2.27. The quantitative estimate of drug-likeness (QED) is 0.761. The van der Waals surface area contributed by atoms with Crippen molar-refractivity contribution in [1.82, 2.24) is 10.2 Å². The number of likely N-dealkylation sites (tertiary alicyclic amines) is 1. The normalized spacial score (nSPS) is 25.4. The molecular formula is C14H26N2O. The molecule has 1 rings (SSSR count). The summed E-state index contributed by atoms with van der Waals surface area (Å²) in [5.74, 6) is 0.185. The Bertz CT molecular complexity index is 295. The predicted octanol–water partition coefficient (Wildman–Crippen LogP) is 2.19. The Morgan fingerprint density at radius 2 is 2.18 bits per heavy atom. The van der Waals surface area contributed by atoms with Gasteiger partial charge in [0.25, 0.3) is 0 Å². The third-order valence-electron chi connectivity index (χ3n) is 3.55. The zero-order valence-electron chi connectivity index (χ0n) is 11.7. The minimum atomic E-state index is -0.196. The van der Waals surface area contributed by atoms with Crippen LogP contribution in [-0.4, -0.2) is 37.5 Å². The first-order valence-corrected chi connectivity index (χ1v) is 6.56. The van der Waals surface area contributed by atoms with E-state index >= 15 is 0 Å². The molecule has 0 saturated carbocycles. The second kappa shape index (κ2) is 6.20. The largest absolute Gasteiger partial charge is 0.359 e. The predicted molar refractivity (Wildman–Crippen MR) is 71.9 cm³/mol. The summed E-state index contributed by atoms with van der Waals surface area (Å²) in [6.45, 7) is 9.43. The van der Waals surface area contributed by atoms with E-state index in [1.165, 1.54) is 5.57 Å². The summed E-state index contributed by atoms with van der Waals surface area (Å²) in [5, 5.41) is 2.79. The summed E-state index contributed by atoms with van der Waals surface area (Å²) >= 11 is 0. The second-order valence-corrected chi connectivity index (χ2v) is 5.59. The van der Waals surface area contributed by atoms with Gasteiger partial charge in [0.1, 0.15) is 0 Å². The Kier molecular flexibility index (Phi) is 5.19. The molecule has 0 aliphatic carbocycles. The molecule has 0 bridgehead atoms. The fourth-order valence-corrected chi connectivity index (χ4v) is 2.56. The Labute approximate surface area is 105 Å². The van der Waals surface area contributed by atoms with Crippen molar-refractivity contribution in [2.75, 3.05) is 26.7 Å². The molecule has 0 radical (unpaired) electrons. The van der Waals surface area contributed by atoms with Gasteiger partial charge in [0.05, 0.1) is 5.41 Å². The third-order valence-corrected chi connectivity index (χ3v) is 3.55. The van der Waals surface area contributed by atoms with Crippen molar-refractivity contribution in [1.29, 1.82) is 0 Å². The summed E-state index contributed by atoms with van der Waals surface area (Å²) < 4.78 is 0. The first-order valence-electron chi connectivity index (χ1n) is 6.56. The van der Waals surface area contributed by atoms with E-state index in [0.717, 1.165) is 38.9 Å². The van der Waals surface area contributed by atoms with Crippen LogP contribution < -0.4 is 5.32 Å². The van der Waals surface area contributed by atoms with E-state index in [0.29, 0.717) is 0 Å². The van der Waals surface area contributed by atoms with E-state index in [9.17, 15) is 4.79 Å². The number of nitrogens with zero attached hydrogens (tertiary/aromatic N) is 1. The van der Waals surface area contributed by atoms with Gasteiger partial charge in [0.15, 0.2) is 0 Å². The van der Waals surface area contributed by atoms with Gasteiger partial charge in [-0.1, -0.05) is 11.6 Å². The lowest BCUT2D eigenvalue weighted by Gasteiger charge is -2.39. The molecule has 98 valence electrons. The second-order valence-electron chi connectivity index (χ2n) is 5.59. The maximum atomic E-state index is 11.9. The van der Waals surface area contributed by atoms with E-state index in [1.54, 1.807) is 7.05 Å². The topological polar surface area (TPSA) is 32.3 Å². The molecule has 17 heavy (non-hydrogen) atoms. The van der Waals surface area contributed by atoms with Crippen molar-refractivity contribution < 1.29 is 4.79 Å². The number of amides is 1. The highest BCUT2D eigenvalue weighted by Gasteiger charge is 2.36. The van der Waals surface area contributed by atoms with Gasteiger partial charge in [0.2, 0.25) is 5.91 Å². The van der Waals surface area contributed by atoms with Gasteiger partial charge in [-0.3, -0.25) is 4.79 Å². The zero-order chi connectivity index (χ0) is 12.9. The number of hydrogen-bond donors (Lipinski definition) is 1. The van der Waals surface area contributed by atoms with Crippen LogP contribution in [0, 0.1) is 5.41 Å². The van der Waals surface area contributed by atoms with Crippen molar-refractivity contribution >= 4 is 5.91 Å². The van der Waals surface area contributed by atoms with Crippen molar-refractivity contribution in [3.8, 4) is 0 Å². The lowest BCUT2D eigenvalue weighted by Crippen LogP contribution is -2.49. The highest BCUT2D eigenvalue weighted by atomic mass is 16.2. The molecule has 3 nitrogen and oxygen atoms in total. The van der Waals surface area contributed by atoms with Crippen molar-refractivity contribution in [2.45, 2.75) is 40.0 Å². The summed E-state index contributed by atoms with van der Waals surface area (Å²) in [6, 6.07) is 0. The Morgan fingerprint density at radius 3 is 2.76 bits per heavy atom. The summed E-state index contributed by atoms with van der Waals surface area (Å²) in [5.41, 5.74) is 1.17. The van der Waals surface area contributed by atoms with Crippen LogP contribution in [-0.2, 0) is 4.79 Å². The zero-order valence-corrected chi connectivity index (χ0v) is 11.7. The van der Waals surface area contributed by atoms with Crippen LogP contribution in [0.1, 0.15) is 40.0 Å². The van der Waals surface area contributed by atoms with E-state index < -0.39 is 0 Å².